The number of rotatable bonds is 4. The third-order valence-corrected chi connectivity index (χ3v) is 4.05. The fraction of sp³-hybridized carbons (Fsp3) is 0.353. The van der Waals surface area contributed by atoms with E-state index >= 15 is 0 Å². The lowest BCUT2D eigenvalue weighted by Crippen LogP contribution is -2.28. The van der Waals surface area contributed by atoms with Crippen molar-refractivity contribution in [3.8, 4) is 0 Å². The Bertz CT molecular complexity index is 663. The second-order valence-electron chi connectivity index (χ2n) is 5.53. The van der Waals surface area contributed by atoms with Gasteiger partial charge < -0.3 is 10.3 Å². The topological polar surface area (TPSA) is 44.9 Å². The minimum absolute atomic E-state index is 0.0271. The molecule has 0 amide bonds. The SMILES string of the molecule is O=c1ccc2c([nH]1)CCCC2NCCc1ccc(F)cc1. The number of halogens is 1. The molecule has 2 aromatic rings. The highest BCUT2D eigenvalue weighted by molar-refractivity contribution is 5.26. The first-order valence-corrected chi connectivity index (χ1v) is 7.42. The molecule has 1 aliphatic carbocycles. The minimum atomic E-state index is -0.197. The molecule has 0 bridgehead atoms. The number of fused-ring (bicyclic) bond motifs is 1. The fourth-order valence-corrected chi connectivity index (χ4v) is 2.95. The summed E-state index contributed by atoms with van der Waals surface area (Å²) in [6.07, 6.45) is 3.99. The molecule has 0 aliphatic heterocycles. The van der Waals surface area contributed by atoms with Crippen molar-refractivity contribution in [2.45, 2.75) is 31.7 Å². The molecule has 0 saturated heterocycles. The highest BCUT2D eigenvalue weighted by Gasteiger charge is 2.19. The van der Waals surface area contributed by atoms with E-state index in [0.717, 1.165) is 43.5 Å². The third kappa shape index (κ3) is 3.39. The molecular weight excluding hydrogens is 267 g/mol. The van der Waals surface area contributed by atoms with Crippen LogP contribution in [-0.4, -0.2) is 11.5 Å². The number of hydrogen-bond acceptors (Lipinski definition) is 2. The van der Waals surface area contributed by atoms with Crippen LogP contribution in [0.25, 0.3) is 0 Å². The summed E-state index contributed by atoms with van der Waals surface area (Å²) >= 11 is 0. The average molecular weight is 286 g/mol. The first-order chi connectivity index (χ1) is 10.2. The molecule has 0 saturated carbocycles. The van der Waals surface area contributed by atoms with Crippen molar-refractivity contribution in [2.75, 3.05) is 6.54 Å². The summed E-state index contributed by atoms with van der Waals surface area (Å²) in [5.74, 6) is -0.197. The number of benzene rings is 1. The van der Waals surface area contributed by atoms with Crippen molar-refractivity contribution in [3.63, 3.8) is 0 Å². The maximum absolute atomic E-state index is 12.9. The highest BCUT2D eigenvalue weighted by atomic mass is 19.1. The van der Waals surface area contributed by atoms with Crippen LogP contribution < -0.4 is 10.9 Å². The maximum Gasteiger partial charge on any atom is 0.248 e. The Kier molecular flexibility index (Phi) is 4.15. The van der Waals surface area contributed by atoms with Crippen molar-refractivity contribution < 1.29 is 4.39 Å². The van der Waals surface area contributed by atoms with E-state index in [1.165, 1.54) is 17.7 Å². The van der Waals surface area contributed by atoms with Crippen molar-refractivity contribution >= 4 is 0 Å². The van der Waals surface area contributed by atoms with E-state index in [4.69, 9.17) is 0 Å². The van der Waals surface area contributed by atoms with E-state index < -0.39 is 0 Å². The Morgan fingerprint density at radius 2 is 2.00 bits per heavy atom. The van der Waals surface area contributed by atoms with Crippen molar-refractivity contribution in [2.24, 2.45) is 0 Å². The van der Waals surface area contributed by atoms with Gasteiger partial charge >= 0.3 is 0 Å². The van der Waals surface area contributed by atoms with Crippen molar-refractivity contribution in [1.29, 1.82) is 0 Å². The number of aromatic amines is 1. The summed E-state index contributed by atoms with van der Waals surface area (Å²) in [5.41, 5.74) is 3.37. The van der Waals surface area contributed by atoms with Gasteiger partial charge in [-0.25, -0.2) is 4.39 Å². The molecule has 3 nitrogen and oxygen atoms in total. The van der Waals surface area contributed by atoms with Crippen LogP contribution in [0.1, 0.15) is 35.7 Å². The van der Waals surface area contributed by atoms with Crippen LogP contribution in [0.4, 0.5) is 4.39 Å². The molecule has 1 aromatic heterocycles. The molecule has 21 heavy (non-hydrogen) atoms. The summed E-state index contributed by atoms with van der Waals surface area (Å²) in [5, 5.41) is 3.54. The molecule has 1 heterocycles. The Hall–Kier alpha value is -1.94. The van der Waals surface area contributed by atoms with Gasteiger partial charge in [-0.2, -0.15) is 0 Å². The zero-order chi connectivity index (χ0) is 14.7. The standard InChI is InChI=1S/C17H19FN2O/c18-13-6-4-12(5-7-13)10-11-19-15-2-1-3-16-14(15)8-9-17(21)20-16/h4-9,15,19H,1-3,10-11H2,(H,20,21). The van der Waals surface area contributed by atoms with Gasteiger partial charge in [0.25, 0.3) is 0 Å². The van der Waals surface area contributed by atoms with Crippen molar-refractivity contribution in [1.82, 2.24) is 10.3 Å². The molecule has 2 N–H and O–H groups in total. The van der Waals surface area contributed by atoms with Gasteiger partial charge in [0.15, 0.2) is 0 Å². The number of hydrogen-bond donors (Lipinski definition) is 2. The molecule has 0 spiro atoms. The minimum Gasteiger partial charge on any atom is -0.326 e. The van der Waals surface area contributed by atoms with Gasteiger partial charge in [0.05, 0.1) is 0 Å². The van der Waals surface area contributed by atoms with E-state index in [2.05, 4.69) is 10.3 Å². The van der Waals surface area contributed by atoms with E-state index in [1.807, 2.05) is 18.2 Å². The second kappa shape index (κ2) is 6.22. The van der Waals surface area contributed by atoms with Crippen LogP contribution >= 0.6 is 0 Å². The summed E-state index contributed by atoms with van der Waals surface area (Å²) in [7, 11) is 0. The van der Waals surface area contributed by atoms with Crippen LogP contribution in [0.2, 0.25) is 0 Å². The Balaban J connectivity index is 1.62. The normalized spacial score (nSPS) is 17.5. The Morgan fingerprint density at radius 1 is 1.19 bits per heavy atom. The van der Waals surface area contributed by atoms with Crippen LogP contribution in [0.3, 0.4) is 0 Å². The van der Waals surface area contributed by atoms with E-state index in [1.54, 1.807) is 6.07 Å². The Morgan fingerprint density at radius 3 is 2.81 bits per heavy atom. The van der Waals surface area contributed by atoms with Crippen LogP contribution in [0, 0.1) is 5.82 Å². The molecule has 1 aromatic carbocycles. The van der Waals surface area contributed by atoms with Gasteiger partial charge in [0, 0.05) is 17.8 Å². The first kappa shape index (κ1) is 14.0. The first-order valence-electron chi connectivity index (χ1n) is 7.42. The van der Waals surface area contributed by atoms with Crippen LogP contribution in [-0.2, 0) is 12.8 Å². The lowest BCUT2D eigenvalue weighted by molar-refractivity contribution is 0.457. The monoisotopic (exact) mass is 286 g/mol. The molecule has 0 radical (unpaired) electrons. The fourth-order valence-electron chi connectivity index (χ4n) is 2.95. The quantitative estimate of drug-likeness (QED) is 0.907. The lowest BCUT2D eigenvalue weighted by Gasteiger charge is -2.26. The van der Waals surface area contributed by atoms with E-state index in [9.17, 15) is 9.18 Å². The van der Waals surface area contributed by atoms with Gasteiger partial charge in [-0.15, -0.1) is 0 Å². The van der Waals surface area contributed by atoms with Crippen molar-refractivity contribution in [3.05, 3.63) is 69.4 Å². The van der Waals surface area contributed by atoms with Gasteiger partial charge in [0.1, 0.15) is 5.82 Å². The number of aromatic nitrogens is 1. The summed E-state index contributed by atoms with van der Waals surface area (Å²) in [6.45, 7) is 0.842. The third-order valence-electron chi connectivity index (χ3n) is 4.05. The molecule has 1 aliphatic rings. The van der Waals surface area contributed by atoms with Gasteiger partial charge in [-0.3, -0.25) is 4.79 Å². The zero-order valence-electron chi connectivity index (χ0n) is 11.9. The number of aryl methyl sites for hydroxylation is 1. The summed E-state index contributed by atoms with van der Waals surface area (Å²) in [6, 6.07) is 10.5. The number of pyridine rings is 1. The molecular formula is C17H19FN2O. The predicted molar refractivity (Wildman–Crippen MR) is 80.8 cm³/mol. The van der Waals surface area contributed by atoms with E-state index in [0.29, 0.717) is 6.04 Å². The molecule has 1 unspecified atom stereocenters. The average Bonchev–Trinajstić information content (AvgIpc) is 2.49. The molecule has 1 atom stereocenters. The van der Waals surface area contributed by atoms with Crippen LogP contribution in [0.5, 0.6) is 0 Å². The number of nitrogens with one attached hydrogen (secondary N) is 2. The van der Waals surface area contributed by atoms with Gasteiger partial charge in [-0.1, -0.05) is 18.2 Å². The van der Waals surface area contributed by atoms with E-state index in [-0.39, 0.29) is 11.4 Å². The summed E-state index contributed by atoms with van der Waals surface area (Å²) < 4.78 is 12.9. The predicted octanol–water partition coefficient (Wildman–Crippen LogP) is 2.72. The molecule has 3 rings (SSSR count). The van der Waals surface area contributed by atoms with Gasteiger partial charge in [-0.05, 0) is 55.5 Å². The second-order valence-corrected chi connectivity index (χ2v) is 5.53. The maximum atomic E-state index is 12.9. The lowest BCUT2D eigenvalue weighted by atomic mass is 9.91. The zero-order valence-corrected chi connectivity index (χ0v) is 11.9. The molecule has 110 valence electrons. The number of H-pyrrole nitrogens is 1. The molecule has 0 fully saturated rings. The summed E-state index contributed by atoms with van der Waals surface area (Å²) in [4.78, 5) is 14.3. The Labute approximate surface area is 123 Å². The molecule has 4 heteroatoms. The largest absolute Gasteiger partial charge is 0.326 e. The van der Waals surface area contributed by atoms with Gasteiger partial charge in [0.2, 0.25) is 5.56 Å². The smallest absolute Gasteiger partial charge is 0.248 e. The van der Waals surface area contributed by atoms with Crippen LogP contribution in [0.15, 0.2) is 41.2 Å². The highest BCUT2D eigenvalue weighted by Crippen LogP contribution is 2.27.